The first-order valence-electron chi connectivity index (χ1n) is 4.91. The Hall–Kier alpha value is -1.80. The first-order valence-corrected chi connectivity index (χ1v) is 5.90. The van der Waals surface area contributed by atoms with Crippen LogP contribution in [0.1, 0.15) is 6.92 Å². The number of halogens is 1. The smallest absolute Gasteiger partial charge is 0.277 e. The number of benzene rings is 1. The van der Waals surface area contributed by atoms with Crippen molar-refractivity contribution in [1.82, 2.24) is 10.2 Å². The van der Waals surface area contributed by atoms with Crippen LogP contribution in [0.5, 0.6) is 0 Å². The van der Waals surface area contributed by atoms with Crippen LogP contribution in [0.25, 0.3) is 11.5 Å². The van der Waals surface area contributed by atoms with Gasteiger partial charge in [-0.1, -0.05) is 17.7 Å². The van der Waals surface area contributed by atoms with E-state index in [4.69, 9.17) is 4.42 Å². The molecule has 0 aliphatic rings. The molecule has 0 radical (unpaired) electrons. The van der Waals surface area contributed by atoms with Gasteiger partial charge in [-0.15, -0.1) is 16.1 Å². The fourth-order valence-electron chi connectivity index (χ4n) is 1.15. The minimum atomic E-state index is -0.291. The number of rotatable bonds is 3. The second-order valence-corrected chi connectivity index (χ2v) is 4.02. The topological polar surface area (TPSA) is 38.9 Å². The van der Waals surface area contributed by atoms with Gasteiger partial charge in [0.25, 0.3) is 5.22 Å². The van der Waals surface area contributed by atoms with Crippen LogP contribution in [-0.2, 0) is 0 Å². The fraction of sp³-hybridized carbons (Fsp3) is 0.167. The van der Waals surface area contributed by atoms with Gasteiger partial charge in [0, 0.05) is 5.56 Å². The maximum atomic E-state index is 12.7. The molecular weight excluding hydrogens is 239 g/mol. The third-order valence-electron chi connectivity index (χ3n) is 1.94. The highest BCUT2D eigenvalue weighted by Crippen LogP contribution is 2.22. The molecule has 1 aromatic carbocycles. The van der Waals surface area contributed by atoms with Crippen LogP contribution in [0.3, 0.4) is 0 Å². The van der Waals surface area contributed by atoms with Gasteiger partial charge in [0.2, 0.25) is 5.89 Å². The van der Waals surface area contributed by atoms with Crippen molar-refractivity contribution >= 4 is 11.8 Å². The van der Waals surface area contributed by atoms with Crippen LogP contribution in [0.4, 0.5) is 4.39 Å². The summed E-state index contributed by atoms with van der Waals surface area (Å²) in [6.07, 6.45) is 0. The van der Waals surface area contributed by atoms with Crippen LogP contribution in [0.15, 0.2) is 33.9 Å². The molecule has 0 bridgehead atoms. The Bertz CT molecular complexity index is 554. The molecule has 3 nitrogen and oxygen atoms in total. The van der Waals surface area contributed by atoms with Crippen molar-refractivity contribution in [3.05, 3.63) is 30.1 Å². The average molecular weight is 248 g/mol. The summed E-state index contributed by atoms with van der Waals surface area (Å²) in [6.45, 7) is 1.78. The van der Waals surface area contributed by atoms with Crippen LogP contribution >= 0.6 is 11.8 Å². The molecule has 0 spiro atoms. The Morgan fingerprint density at radius 1 is 1.29 bits per heavy atom. The summed E-state index contributed by atoms with van der Waals surface area (Å²) in [4.78, 5) is 0. The van der Waals surface area contributed by atoms with E-state index in [9.17, 15) is 4.39 Å². The van der Waals surface area contributed by atoms with Crippen molar-refractivity contribution in [2.24, 2.45) is 0 Å². The SMILES string of the molecule is CC#CCSc1nnc(-c2ccc(F)cc2)o1. The predicted octanol–water partition coefficient (Wildman–Crippen LogP) is 2.99. The summed E-state index contributed by atoms with van der Waals surface area (Å²) in [5.74, 6) is 6.38. The van der Waals surface area contributed by atoms with E-state index in [1.807, 2.05) is 0 Å². The van der Waals surface area contributed by atoms with Gasteiger partial charge in [-0.05, 0) is 31.2 Å². The Morgan fingerprint density at radius 2 is 2.06 bits per heavy atom. The molecule has 0 saturated heterocycles. The molecule has 0 aliphatic carbocycles. The number of thioether (sulfide) groups is 1. The van der Waals surface area contributed by atoms with Gasteiger partial charge in [-0.2, -0.15) is 0 Å². The molecule has 0 aliphatic heterocycles. The lowest BCUT2D eigenvalue weighted by Gasteiger charge is -1.93. The van der Waals surface area contributed by atoms with E-state index in [1.165, 1.54) is 23.9 Å². The fourth-order valence-corrected chi connectivity index (χ4v) is 1.72. The van der Waals surface area contributed by atoms with Gasteiger partial charge in [-0.3, -0.25) is 0 Å². The minimum absolute atomic E-state index is 0.291. The van der Waals surface area contributed by atoms with Crippen LogP contribution < -0.4 is 0 Å². The van der Waals surface area contributed by atoms with Crippen LogP contribution in [0.2, 0.25) is 0 Å². The molecule has 0 unspecified atom stereocenters. The Labute approximate surface area is 102 Å². The Morgan fingerprint density at radius 3 is 2.76 bits per heavy atom. The van der Waals surface area contributed by atoms with E-state index in [-0.39, 0.29) is 5.82 Å². The predicted molar refractivity (Wildman–Crippen MR) is 63.9 cm³/mol. The number of hydrogen-bond donors (Lipinski definition) is 0. The van der Waals surface area contributed by atoms with E-state index in [1.54, 1.807) is 19.1 Å². The maximum Gasteiger partial charge on any atom is 0.277 e. The van der Waals surface area contributed by atoms with E-state index >= 15 is 0 Å². The highest BCUT2D eigenvalue weighted by molar-refractivity contribution is 7.99. The zero-order chi connectivity index (χ0) is 12.1. The molecule has 0 atom stereocenters. The van der Waals surface area contributed by atoms with Crippen molar-refractivity contribution in [3.8, 4) is 23.3 Å². The van der Waals surface area contributed by atoms with Gasteiger partial charge in [0.15, 0.2) is 0 Å². The molecule has 0 N–H and O–H groups in total. The van der Waals surface area contributed by atoms with Crippen molar-refractivity contribution in [2.45, 2.75) is 12.1 Å². The number of nitrogens with zero attached hydrogens (tertiary/aromatic N) is 2. The average Bonchev–Trinajstić information content (AvgIpc) is 2.79. The molecule has 1 aromatic heterocycles. The summed E-state index contributed by atoms with van der Waals surface area (Å²) in [6, 6.07) is 5.91. The zero-order valence-electron chi connectivity index (χ0n) is 9.11. The second kappa shape index (κ2) is 5.51. The standard InChI is InChI=1S/C12H9FN2OS/c1-2-3-8-17-12-15-14-11(16-12)9-4-6-10(13)7-5-9/h4-7H,8H2,1H3. The molecule has 0 amide bonds. The summed E-state index contributed by atoms with van der Waals surface area (Å²) in [5.41, 5.74) is 0.701. The quantitative estimate of drug-likeness (QED) is 0.618. The molecule has 5 heteroatoms. The Balaban J connectivity index is 2.11. The van der Waals surface area contributed by atoms with Crippen molar-refractivity contribution < 1.29 is 8.81 Å². The molecule has 2 rings (SSSR count). The van der Waals surface area contributed by atoms with Gasteiger partial charge in [0.05, 0.1) is 5.75 Å². The monoisotopic (exact) mass is 248 g/mol. The van der Waals surface area contributed by atoms with Gasteiger partial charge >= 0.3 is 0 Å². The highest BCUT2D eigenvalue weighted by atomic mass is 32.2. The normalized spacial score (nSPS) is 9.76. The van der Waals surface area contributed by atoms with Crippen LogP contribution in [0, 0.1) is 17.7 Å². The van der Waals surface area contributed by atoms with E-state index in [0.29, 0.717) is 22.4 Å². The zero-order valence-corrected chi connectivity index (χ0v) is 9.92. The summed E-state index contributed by atoms with van der Waals surface area (Å²) >= 11 is 1.38. The first-order chi connectivity index (χ1) is 8.29. The minimum Gasteiger partial charge on any atom is -0.411 e. The summed E-state index contributed by atoms with van der Waals surface area (Å²) < 4.78 is 18.1. The van der Waals surface area contributed by atoms with Gasteiger partial charge in [0.1, 0.15) is 5.82 Å². The van der Waals surface area contributed by atoms with Crippen molar-refractivity contribution in [2.75, 3.05) is 5.75 Å². The molecule has 17 heavy (non-hydrogen) atoms. The lowest BCUT2D eigenvalue weighted by molar-refractivity contribution is 0.466. The lowest BCUT2D eigenvalue weighted by atomic mass is 10.2. The van der Waals surface area contributed by atoms with Crippen molar-refractivity contribution in [1.29, 1.82) is 0 Å². The molecule has 0 fully saturated rings. The number of hydrogen-bond acceptors (Lipinski definition) is 4. The number of aromatic nitrogens is 2. The second-order valence-electron chi connectivity index (χ2n) is 3.10. The van der Waals surface area contributed by atoms with E-state index < -0.39 is 0 Å². The lowest BCUT2D eigenvalue weighted by Crippen LogP contribution is -1.78. The van der Waals surface area contributed by atoms with E-state index in [0.717, 1.165) is 0 Å². The molecule has 86 valence electrons. The molecule has 1 heterocycles. The van der Waals surface area contributed by atoms with Gasteiger partial charge < -0.3 is 4.42 Å². The third kappa shape index (κ3) is 3.08. The summed E-state index contributed by atoms with van der Waals surface area (Å²) in [5, 5.41) is 8.22. The summed E-state index contributed by atoms with van der Waals surface area (Å²) in [7, 11) is 0. The Kier molecular flexibility index (Phi) is 3.78. The maximum absolute atomic E-state index is 12.7. The van der Waals surface area contributed by atoms with E-state index in [2.05, 4.69) is 22.0 Å². The largest absolute Gasteiger partial charge is 0.411 e. The third-order valence-corrected chi connectivity index (χ3v) is 2.64. The van der Waals surface area contributed by atoms with Gasteiger partial charge in [-0.25, -0.2) is 4.39 Å². The first kappa shape index (κ1) is 11.7. The van der Waals surface area contributed by atoms with Crippen LogP contribution in [-0.4, -0.2) is 16.0 Å². The van der Waals surface area contributed by atoms with Crippen molar-refractivity contribution in [3.63, 3.8) is 0 Å². The molecular formula is C12H9FN2OS. The molecule has 0 saturated carbocycles. The highest BCUT2D eigenvalue weighted by Gasteiger charge is 2.08. The molecule has 2 aromatic rings.